The third kappa shape index (κ3) is 5.70. The van der Waals surface area contributed by atoms with E-state index >= 15 is 0 Å². The lowest BCUT2D eigenvalue weighted by molar-refractivity contribution is -0.686. The second kappa shape index (κ2) is 13.4. The molecule has 7 heteroatoms. The summed E-state index contributed by atoms with van der Waals surface area (Å²) in [5.41, 5.74) is 8.78. The predicted molar refractivity (Wildman–Crippen MR) is 188 cm³/mol. The first-order valence-electron chi connectivity index (χ1n) is 16.4. The molecule has 0 atom stereocenters. The van der Waals surface area contributed by atoms with E-state index in [4.69, 9.17) is 23.7 Å². The van der Waals surface area contributed by atoms with Crippen molar-refractivity contribution < 1.29 is 33.4 Å². The van der Waals surface area contributed by atoms with Gasteiger partial charge in [0.05, 0.1) is 31.8 Å². The van der Waals surface area contributed by atoms with Crippen molar-refractivity contribution in [3.05, 3.63) is 114 Å². The number of nitrogens with zero attached hydrogens (tertiary/aromatic N) is 1. The average Bonchev–Trinajstić information content (AvgIpc) is 3.57. The van der Waals surface area contributed by atoms with E-state index in [0.29, 0.717) is 18.8 Å². The molecule has 2 aliphatic heterocycles. The van der Waals surface area contributed by atoms with Crippen molar-refractivity contribution in [3.8, 4) is 56.9 Å². The standard InChI is InChI=1S/C41H39NO6/c1-5-8-26-11-15-36(32(20-26)27-12-14-35(43)29(21-27)9-6-2)46-19-7-10-31-30-13-16-37(44-3)41(45-4)34(30)24-42-18-17-28-22-38-39(48-25-47-38)23-33(28)40(31)42/h5-6,11-16,20-24H,1-2,7-10,17-19,25H2,3-4H3/p+1. The fourth-order valence-electron chi connectivity index (χ4n) is 6.99. The van der Waals surface area contributed by atoms with Crippen LogP contribution in [-0.4, -0.2) is 32.7 Å². The summed E-state index contributed by atoms with van der Waals surface area (Å²) in [6.45, 7) is 9.36. The van der Waals surface area contributed by atoms with Crippen molar-refractivity contribution in [2.45, 2.75) is 38.6 Å². The van der Waals surface area contributed by atoms with Gasteiger partial charge in [-0.05, 0) is 96.5 Å². The van der Waals surface area contributed by atoms with Crippen LogP contribution in [0, 0.1) is 0 Å². The van der Waals surface area contributed by atoms with E-state index in [0.717, 1.165) is 88.3 Å². The maximum Gasteiger partial charge on any atom is 0.231 e. The van der Waals surface area contributed by atoms with Gasteiger partial charge in [0.1, 0.15) is 11.5 Å². The first kappa shape index (κ1) is 31.2. The second-order valence-corrected chi connectivity index (χ2v) is 12.1. The van der Waals surface area contributed by atoms with Gasteiger partial charge in [0.15, 0.2) is 35.7 Å². The first-order chi connectivity index (χ1) is 23.5. The number of hydrogen-bond acceptors (Lipinski definition) is 6. The highest BCUT2D eigenvalue weighted by atomic mass is 16.7. The summed E-state index contributed by atoms with van der Waals surface area (Å²) in [5, 5.41) is 12.5. The monoisotopic (exact) mass is 642 g/mol. The molecule has 244 valence electrons. The summed E-state index contributed by atoms with van der Waals surface area (Å²) in [4.78, 5) is 0. The van der Waals surface area contributed by atoms with Gasteiger partial charge in [-0.1, -0.05) is 24.3 Å². The number of allylic oxidation sites excluding steroid dienone is 2. The average molecular weight is 643 g/mol. The maximum atomic E-state index is 10.4. The normalized spacial score (nSPS) is 12.7. The Bertz CT molecular complexity index is 2050. The molecule has 3 heterocycles. The van der Waals surface area contributed by atoms with Crippen molar-refractivity contribution in [1.29, 1.82) is 0 Å². The van der Waals surface area contributed by atoms with Gasteiger partial charge in [0, 0.05) is 22.9 Å². The van der Waals surface area contributed by atoms with Crippen LogP contribution in [0.2, 0.25) is 0 Å². The van der Waals surface area contributed by atoms with Crippen molar-refractivity contribution >= 4 is 10.8 Å². The van der Waals surface area contributed by atoms with Crippen LogP contribution in [0.5, 0.6) is 34.5 Å². The van der Waals surface area contributed by atoms with E-state index in [1.807, 2.05) is 30.3 Å². The summed E-state index contributed by atoms with van der Waals surface area (Å²) in [5.74, 6) is 4.09. The molecule has 0 saturated carbocycles. The van der Waals surface area contributed by atoms with Crippen LogP contribution >= 0.6 is 0 Å². The molecule has 7 nitrogen and oxygen atoms in total. The van der Waals surface area contributed by atoms with Gasteiger partial charge < -0.3 is 28.8 Å². The largest absolute Gasteiger partial charge is 0.508 e. The molecule has 7 rings (SSSR count). The third-order valence-electron chi connectivity index (χ3n) is 9.25. The quantitative estimate of drug-likeness (QED) is 0.0847. The van der Waals surface area contributed by atoms with Gasteiger partial charge >= 0.3 is 0 Å². The SMILES string of the molecule is C=CCc1ccc(OCCCc2c3[n+](cc4c(OC)c(OC)ccc24)CCc2cc4c(cc2-3)OCO4)c(-c2ccc(O)c(CC=C)c2)c1. The molecule has 0 amide bonds. The lowest BCUT2D eigenvalue weighted by Crippen LogP contribution is -2.41. The Labute approximate surface area is 281 Å². The summed E-state index contributed by atoms with van der Waals surface area (Å²) in [6.07, 6.45) is 9.68. The Morgan fingerprint density at radius 3 is 2.46 bits per heavy atom. The summed E-state index contributed by atoms with van der Waals surface area (Å²) in [7, 11) is 3.36. The van der Waals surface area contributed by atoms with Crippen LogP contribution in [-0.2, 0) is 32.2 Å². The van der Waals surface area contributed by atoms with Gasteiger partial charge in [-0.15, -0.1) is 13.2 Å². The molecule has 0 fully saturated rings. The number of aromatic hydroxyl groups is 1. The number of aromatic nitrogens is 1. The Kier molecular flexibility index (Phi) is 8.68. The number of phenolic OH excluding ortho intramolecular Hbond substituents is 1. The number of aryl methyl sites for hydroxylation is 3. The van der Waals surface area contributed by atoms with Gasteiger partial charge in [-0.3, -0.25) is 0 Å². The fourth-order valence-corrected chi connectivity index (χ4v) is 6.99. The van der Waals surface area contributed by atoms with Crippen molar-refractivity contribution in [2.24, 2.45) is 0 Å². The molecule has 0 aliphatic carbocycles. The highest BCUT2D eigenvalue weighted by Crippen LogP contribution is 2.44. The van der Waals surface area contributed by atoms with Crippen LogP contribution < -0.4 is 28.3 Å². The van der Waals surface area contributed by atoms with Gasteiger partial charge in [-0.25, -0.2) is 0 Å². The number of hydrogen-bond donors (Lipinski definition) is 1. The van der Waals surface area contributed by atoms with Gasteiger partial charge in [-0.2, -0.15) is 4.57 Å². The predicted octanol–water partition coefficient (Wildman–Crippen LogP) is 7.94. The minimum Gasteiger partial charge on any atom is -0.508 e. The molecule has 0 saturated heterocycles. The number of methoxy groups -OCH3 is 2. The lowest BCUT2D eigenvalue weighted by Gasteiger charge is -2.21. The van der Waals surface area contributed by atoms with Crippen molar-refractivity contribution in [2.75, 3.05) is 27.6 Å². The van der Waals surface area contributed by atoms with Crippen LogP contribution in [0.1, 0.15) is 28.7 Å². The Hall–Kier alpha value is -5.43. The van der Waals surface area contributed by atoms with Crippen molar-refractivity contribution in [1.82, 2.24) is 0 Å². The molecule has 0 bridgehead atoms. The van der Waals surface area contributed by atoms with E-state index in [1.54, 1.807) is 26.4 Å². The molecule has 0 unspecified atom stereocenters. The first-order valence-corrected chi connectivity index (χ1v) is 16.4. The number of fused-ring (bicyclic) bond motifs is 5. The molecule has 5 aromatic rings. The molecular formula is C41H40NO6+. The van der Waals surface area contributed by atoms with Gasteiger partial charge in [0.25, 0.3) is 0 Å². The van der Waals surface area contributed by atoms with E-state index in [-0.39, 0.29) is 12.5 Å². The zero-order valence-electron chi connectivity index (χ0n) is 27.5. The molecule has 0 radical (unpaired) electrons. The Balaban J connectivity index is 1.24. The topological polar surface area (TPSA) is 70.3 Å². The smallest absolute Gasteiger partial charge is 0.231 e. The maximum absolute atomic E-state index is 10.4. The number of ether oxygens (including phenoxy) is 5. The summed E-state index contributed by atoms with van der Waals surface area (Å²) >= 11 is 0. The molecule has 4 aromatic carbocycles. The fraction of sp³-hybridized carbons (Fsp3) is 0.244. The molecule has 0 spiro atoms. The van der Waals surface area contributed by atoms with E-state index in [2.05, 4.69) is 54.3 Å². The molecule has 2 aliphatic rings. The minimum atomic E-state index is 0.243. The van der Waals surface area contributed by atoms with E-state index in [1.165, 1.54) is 22.4 Å². The number of phenols is 1. The van der Waals surface area contributed by atoms with Crippen LogP contribution in [0.25, 0.3) is 33.2 Å². The van der Waals surface area contributed by atoms with Crippen LogP contribution in [0.3, 0.4) is 0 Å². The Morgan fingerprint density at radius 2 is 1.67 bits per heavy atom. The highest BCUT2D eigenvalue weighted by molar-refractivity contribution is 5.95. The van der Waals surface area contributed by atoms with E-state index < -0.39 is 0 Å². The third-order valence-corrected chi connectivity index (χ3v) is 9.25. The van der Waals surface area contributed by atoms with Crippen LogP contribution in [0.4, 0.5) is 0 Å². The molecule has 48 heavy (non-hydrogen) atoms. The zero-order chi connectivity index (χ0) is 33.2. The van der Waals surface area contributed by atoms with Gasteiger partial charge in [0.2, 0.25) is 12.5 Å². The highest BCUT2D eigenvalue weighted by Gasteiger charge is 2.32. The molecule has 1 aromatic heterocycles. The van der Waals surface area contributed by atoms with Crippen LogP contribution in [0.15, 0.2) is 92.2 Å². The molecular weight excluding hydrogens is 602 g/mol. The number of rotatable bonds is 12. The number of pyridine rings is 1. The zero-order valence-corrected chi connectivity index (χ0v) is 27.5. The minimum absolute atomic E-state index is 0.243. The summed E-state index contributed by atoms with van der Waals surface area (Å²) < 4.78 is 32.0. The van der Waals surface area contributed by atoms with E-state index in [9.17, 15) is 5.11 Å². The lowest BCUT2D eigenvalue weighted by atomic mass is 9.89. The second-order valence-electron chi connectivity index (χ2n) is 12.1. The Morgan fingerprint density at radius 1 is 0.854 bits per heavy atom. The molecule has 1 N–H and O–H groups in total. The number of benzene rings is 4. The van der Waals surface area contributed by atoms with Crippen molar-refractivity contribution in [3.63, 3.8) is 0 Å². The summed E-state index contributed by atoms with van der Waals surface area (Å²) in [6, 6.07) is 20.4.